The third-order valence-electron chi connectivity index (χ3n) is 3.06. The monoisotopic (exact) mass is 276 g/mol. The van der Waals surface area contributed by atoms with E-state index in [1.165, 1.54) is 5.56 Å². The molecule has 0 amide bonds. The molecule has 0 saturated heterocycles. The molecule has 100 valence electrons. The lowest BCUT2D eigenvalue weighted by molar-refractivity contribution is 0.282. The van der Waals surface area contributed by atoms with Crippen LogP contribution in [0.15, 0.2) is 42.7 Å². The van der Waals surface area contributed by atoms with Gasteiger partial charge in [0.1, 0.15) is 0 Å². The molecule has 19 heavy (non-hydrogen) atoms. The van der Waals surface area contributed by atoms with E-state index in [0.717, 1.165) is 24.3 Å². The highest BCUT2D eigenvalue weighted by molar-refractivity contribution is 6.33. The van der Waals surface area contributed by atoms with Gasteiger partial charge in [0.2, 0.25) is 0 Å². The van der Waals surface area contributed by atoms with Crippen LogP contribution in [0.1, 0.15) is 18.1 Å². The van der Waals surface area contributed by atoms with Gasteiger partial charge in [-0.15, -0.1) is 0 Å². The number of aliphatic hydroxyl groups is 1. The Morgan fingerprint density at radius 3 is 2.58 bits per heavy atom. The number of aliphatic hydroxyl groups excluding tert-OH is 1. The fourth-order valence-electron chi connectivity index (χ4n) is 2.10. The summed E-state index contributed by atoms with van der Waals surface area (Å²) < 4.78 is 0. The second-order valence-corrected chi connectivity index (χ2v) is 4.68. The predicted molar refractivity (Wildman–Crippen MR) is 78.3 cm³/mol. The third-order valence-corrected chi connectivity index (χ3v) is 3.37. The van der Waals surface area contributed by atoms with Gasteiger partial charge >= 0.3 is 0 Å². The molecule has 4 heteroatoms. The maximum atomic E-state index is 9.46. The fourth-order valence-corrected chi connectivity index (χ4v) is 2.41. The van der Waals surface area contributed by atoms with Crippen molar-refractivity contribution in [3.8, 4) is 0 Å². The molecular formula is C15H17ClN2O. The van der Waals surface area contributed by atoms with Crippen LogP contribution in [0.2, 0.25) is 5.02 Å². The molecule has 0 saturated carbocycles. The first-order valence-corrected chi connectivity index (χ1v) is 6.66. The number of aromatic nitrogens is 1. The molecule has 0 fully saturated rings. The van der Waals surface area contributed by atoms with Gasteiger partial charge < -0.3 is 10.0 Å². The van der Waals surface area contributed by atoms with Crippen LogP contribution < -0.4 is 4.90 Å². The number of hydrogen-bond acceptors (Lipinski definition) is 3. The van der Waals surface area contributed by atoms with Crippen LogP contribution in [0, 0.1) is 0 Å². The van der Waals surface area contributed by atoms with Gasteiger partial charge in [0.05, 0.1) is 17.3 Å². The van der Waals surface area contributed by atoms with Crippen LogP contribution in [0.3, 0.4) is 0 Å². The van der Waals surface area contributed by atoms with Crippen LogP contribution in [-0.4, -0.2) is 16.6 Å². The normalized spacial score (nSPS) is 10.5. The van der Waals surface area contributed by atoms with Gasteiger partial charge in [0.15, 0.2) is 0 Å². The molecule has 0 unspecified atom stereocenters. The Balaban J connectivity index is 2.32. The SMILES string of the molecule is CCN(Cc1ccncc1)c1c(Cl)cccc1CO. The predicted octanol–water partition coefficient (Wildman–Crippen LogP) is 3.25. The standard InChI is InChI=1S/C15H17ClN2O/c1-2-18(10-12-6-8-17-9-7-12)15-13(11-19)4-3-5-14(15)16/h3-9,19H,2,10-11H2,1H3. The van der Waals surface area contributed by atoms with Gasteiger partial charge in [0.25, 0.3) is 0 Å². The van der Waals surface area contributed by atoms with E-state index in [4.69, 9.17) is 11.6 Å². The minimum Gasteiger partial charge on any atom is -0.392 e. The second kappa shape index (κ2) is 6.55. The Labute approximate surface area is 118 Å². The van der Waals surface area contributed by atoms with Crippen molar-refractivity contribution in [1.29, 1.82) is 0 Å². The van der Waals surface area contributed by atoms with Crippen molar-refractivity contribution in [3.63, 3.8) is 0 Å². The van der Waals surface area contributed by atoms with Crippen molar-refractivity contribution in [3.05, 3.63) is 58.9 Å². The Morgan fingerprint density at radius 2 is 1.95 bits per heavy atom. The van der Waals surface area contributed by atoms with E-state index in [2.05, 4.69) is 16.8 Å². The van der Waals surface area contributed by atoms with E-state index in [1.54, 1.807) is 12.4 Å². The summed E-state index contributed by atoms with van der Waals surface area (Å²) in [6, 6.07) is 9.58. The van der Waals surface area contributed by atoms with Gasteiger partial charge in [-0.1, -0.05) is 23.7 Å². The van der Waals surface area contributed by atoms with Gasteiger partial charge in [-0.25, -0.2) is 0 Å². The van der Waals surface area contributed by atoms with Crippen LogP contribution in [0.25, 0.3) is 0 Å². The highest BCUT2D eigenvalue weighted by Gasteiger charge is 2.13. The summed E-state index contributed by atoms with van der Waals surface area (Å²) in [6.45, 7) is 3.63. The molecule has 2 aromatic rings. The molecule has 2 rings (SSSR count). The number of halogens is 1. The van der Waals surface area contributed by atoms with Crippen LogP contribution in [0.5, 0.6) is 0 Å². The van der Waals surface area contributed by atoms with Gasteiger partial charge in [-0.05, 0) is 30.7 Å². The number of pyridine rings is 1. The Bertz CT molecular complexity index is 531. The number of rotatable bonds is 5. The Morgan fingerprint density at radius 1 is 1.21 bits per heavy atom. The Kier molecular flexibility index (Phi) is 4.77. The number of anilines is 1. The first kappa shape index (κ1) is 13.8. The van der Waals surface area contributed by atoms with E-state index in [0.29, 0.717) is 5.02 Å². The fraction of sp³-hybridized carbons (Fsp3) is 0.267. The van der Waals surface area contributed by atoms with Crippen LogP contribution >= 0.6 is 11.6 Å². The number of benzene rings is 1. The zero-order valence-electron chi connectivity index (χ0n) is 10.9. The molecule has 1 N–H and O–H groups in total. The highest BCUT2D eigenvalue weighted by atomic mass is 35.5. The number of hydrogen-bond donors (Lipinski definition) is 1. The van der Waals surface area contributed by atoms with Gasteiger partial charge in [0, 0.05) is 31.0 Å². The quantitative estimate of drug-likeness (QED) is 0.911. The zero-order chi connectivity index (χ0) is 13.7. The first-order chi connectivity index (χ1) is 9.26. The summed E-state index contributed by atoms with van der Waals surface area (Å²) in [4.78, 5) is 6.17. The molecule has 0 aliphatic carbocycles. The molecule has 0 atom stereocenters. The summed E-state index contributed by atoms with van der Waals surface area (Å²) in [7, 11) is 0. The first-order valence-electron chi connectivity index (χ1n) is 6.28. The third kappa shape index (κ3) is 3.25. The summed E-state index contributed by atoms with van der Waals surface area (Å²) in [5.74, 6) is 0. The molecule has 1 heterocycles. The van der Waals surface area contributed by atoms with Crippen molar-refractivity contribution >= 4 is 17.3 Å². The average molecular weight is 277 g/mol. The summed E-state index contributed by atoms with van der Waals surface area (Å²) in [5, 5.41) is 10.1. The molecule has 3 nitrogen and oxygen atoms in total. The van der Waals surface area contributed by atoms with E-state index in [1.807, 2.05) is 30.3 Å². The van der Waals surface area contributed by atoms with E-state index >= 15 is 0 Å². The van der Waals surface area contributed by atoms with E-state index < -0.39 is 0 Å². The molecule has 0 radical (unpaired) electrons. The molecule has 0 spiro atoms. The number of nitrogens with zero attached hydrogens (tertiary/aromatic N) is 2. The van der Waals surface area contributed by atoms with Gasteiger partial charge in [-0.3, -0.25) is 4.98 Å². The lowest BCUT2D eigenvalue weighted by atomic mass is 10.1. The molecular weight excluding hydrogens is 260 g/mol. The van der Waals surface area contributed by atoms with Crippen molar-refractivity contribution in [1.82, 2.24) is 4.98 Å². The molecule has 1 aromatic heterocycles. The second-order valence-electron chi connectivity index (χ2n) is 4.28. The van der Waals surface area contributed by atoms with Crippen LogP contribution in [-0.2, 0) is 13.2 Å². The largest absolute Gasteiger partial charge is 0.392 e. The lowest BCUT2D eigenvalue weighted by Gasteiger charge is -2.26. The molecule has 0 aliphatic heterocycles. The minimum absolute atomic E-state index is 0.0112. The van der Waals surface area contributed by atoms with Crippen molar-refractivity contribution < 1.29 is 5.11 Å². The summed E-state index contributed by atoms with van der Waals surface area (Å²) in [6.07, 6.45) is 3.56. The van der Waals surface area contributed by atoms with Crippen molar-refractivity contribution in [2.45, 2.75) is 20.1 Å². The minimum atomic E-state index is -0.0112. The maximum Gasteiger partial charge on any atom is 0.0702 e. The average Bonchev–Trinajstić information content (AvgIpc) is 2.46. The van der Waals surface area contributed by atoms with Crippen molar-refractivity contribution in [2.75, 3.05) is 11.4 Å². The Hall–Kier alpha value is -1.58. The maximum absolute atomic E-state index is 9.46. The summed E-state index contributed by atoms with van der Waals surface area (Å²) >= 11 is 6.28. The van der Waals surface area contributed by atoms with E-state index in [9.17, 15) is 5.11 Å². The van der Waals surface area contributed by atoms with E-state index in [-0.39, 0.29) is 6.61 Å². The van der Waals surface area contributed by atoms with Gasteiger partial charge in [-0.2, -0.15) is 0 Å². The van der Waals surface area contributed by atoms with Crippen molar-refractivity contribution in [2.24, 2.45) is 0 Å². The molecule has 0 bridgehead atoms. The van der Waals surface area contributed by atoms with Crippen LogP contribution in [0.4, 0.5) is 5.69 Å². The number of para-hydroxylation sites is 1. The smallest absolute Gasteiger partial charge is 0.0702 e. The summed E-state index contributed by atoms with van der Waals surface area (Å²) in [5.41, 5.74) is 2.93. The zero-order valence-corrected chi connectivity index (χ0v) is 11.6. The molecule has 1 aromatic carbocycles. The topological polar surface area (TPSA) is 36.4 Å². The molecule has 0 aliphatic rings. The lowest BCUT2D eigenvalue weighted by Crippen LogP contribution is -2.23. The highest BCUT2D eigenvalue weighted by Crippen LogP contribution is 2.31.